The Bertz CT molecular complexity index is 1890. The summed E-state index contributed by atoms with van der Waals surface area (Å²) >= 11 is 0. The first-order chi connectivity index (χ1) is 32.9. The number of carbonyl (C=O) groups is 6. The minimum absolute atomic E-state index is 0.00256. The maximum Gasteiger partial charge on any atom is 0.372 e. The van der Waals surface area contributed by atoms with Crippen LogP contribution in [-0.4, -0.2) is 128 Å². The van der Waals surface area contributed by atoms with Crippen molar-refractivity contribution in [2.45, 2.75) is 150 Å². The molecule has 0 fully saturated rings. The van der Waals surface area contributed by atoms with Crippen molar-refractivity contribution in [3.05, 3.63) is 67.7 Å². The average Bonchev–Trinajstić information content (AvgIpc) is 4.18. The smallest absolute Gasteiger partial charge is 0.372 e. The minimum Gasteiger partial charge on any atom is -0.502 e. The molecule has 0 saturated carbocycles. The maximum absolute atomic E-state index is 11.7. The highest BCUT2D eigenvalue weighted by molar-refractivity contribution is 5.98. The molecule has 0 spiro atoms. The Balaban J connectivity index is -0.000000408. The van der Waals surface area contributed by atoms with Crippen LogP contribution in [0.1, 0.15) is 176 Å². The van der Waals surface area contributed by atoms with Gasteiger partial charge < -0.3 is 50.3 Å². The van der Waals surface area contributed by atoms with Crippen LogP contribution in [0, 0.1) is 11.3 Å². The predicted molar refractivity (Wildman–Crippen MR) is 256 cm³/mol. The van der Waals surface area contributed by atoms with Crippen LogP contribution >= 0.6 is 0 Å². The van der Waals surface area contributed by atoms with Gasteiger partial charge in [-0.2, -0.15) is 0 Å². The Morgan fingerprint density at radius 1 is 0.686 bits per heavy atom. The van der Waals surface area contributed by atoms with Gasteiger partial charge in [0.15, 0.2) is 22.9 Å². The molecule has 22 nitrogen and oxygen atoms in total. The fourth-order valence-electron chi connectivity index (χ4n) is 5.33. The second kappa shape index (κ2) is 42.6. The van der Waals surface area contributed by atoms with E-state index in [1.165, 1.54) is 50.7 Å². The van der Waals surface area contributed by atoms with Gasteiger partial charge in [0.1, 0.15) is 11.1 Å². The number of aromatic carboxylic acids is 2. The van der Waals surface area contributed by atoms with E-state index in [1.54, 1.807) is 6.92 Å². The lowest BCUT2D eigenvalue weighted by molar-refractivity contribution is -0.143. The predicted octanol–water partition coefficient (Wildman–Crippen LogP) is 5.68. The topological polar surface area (TPSA) is 376 Å². The Morgan fingerprint density at radius 3 is 1.41 bits per heavy atom. The standard InChI is InChI=1S/C15H12O10.C8H14O3.2C7H13NO.C6H14O2.C5H8O3/c16-5(17)3-1-2-4(13(20)21)6(7-9(11(7)18)14(22)23)8-10(12(8)19)15(24)25;1-4-7(10)11-6-8(2,3)5-9;2*1-2-3-4-5-6-8-7-9;1-2-3-4-5-6(7)8;1-3-8-5(7)4(2)6/h4,6H,1-3H2,(H,16,17)(H,20,21)(H,22,23)(H,24,25);4,9H,1,5-6H2,2-3H3;2*2-6H2,1H3;6-8H,2-5H2,1H3;6H,2-3H2,1H3. The van der Waals surface area contributed by atoms with Crippen LogP contribution in [0.15, 0.2) is 44.6 Å². The van der Waals surface area contributed by atoms with E-state index in [1.807, 2.05) is 13.8 Å². The number of carbonyl (C=O) groups excluding carboxylic acids is 4. The summed E-state index contributed by atoms with van der Waals surface area (Å²) in [5.41, 5.74) is -4.36. The molecule has 0 bridgehead atoms. The van der Waals surface area contributed by atoms with E-state index < -0.39 is 92.8 Å². The number of aliphatic imine (C=N–C) groups is 2. The zero-order valence-corrected chi connectivity index (χ0v) is 41.2. The van der Waals surface area contributed by atoms with E-state index in [4.69, 9.17) is 40.5 Å². The van der Waals surface area contributed by atoms with Gasteiger partial charge in [-0.05, 0) is 52.0 Å². The SMILES string of the molecule is C=C(O)C(=O)OCC.C=CC(=O)OCC(C)(C)CO.CCCCCC(O)O.CCCCCCN=C=O.CCCCCCN=C=O.O=C(O)CCCC(C(=O)O)C(c1c(C(=O)O)c1=O)c1c(C(=O)O)c1=O. The normalized spacial score (nSPS) is 10.6. The number of hydrogen-bond donors (Lipinski definition) is 8. The first-order valence-corrected chi connectivity index (χ1v) is 22.8. The summed E-state index contributed by atoms with van der Waals surface area (Å²) in [6.07, 6.45) is 15.4. The molecule has 8 N–H and O–H groups in total. The molecule has 0 radical (unpaired) electrons. The van der Waals surface area contributed by atoms with E-state index >= 15 is 0 Å². The number of isocyanates is 2. The summed E-state index contributed by atoms with van der Waals surface area (Å²) < 4.78 is 9.04. The number of ether oxygens (including phenoxy) is 2. The highest BCUT2D eigenvalue weighted by Gasteiger charge is 2.48. The van der Waals surface area contributed by atoms with E-state index in [2.05, 4.69) is 48.7 Å². The Morgan fingerprint density at radius 2 is 1.13 bits per heavy atom. The molecule has 396 valence electrons. The highest BCUT2D eigenvalue weighted by Crippen LogP contribution is 2.40. The van der Waals surface area contributed by atoms with Crippen molar-refractivity contribution < 1.29 is 88.7 Å². The molecular weight excluding hydrogens is 925 g/mol. The number of aliphatic hydroxyl groups is 4. The van der Waals surface area contributed by atoms with Crippen molar-refractivity contribution in [3.63, 3.8) is 0 Å². The molecule has 0 heterocycles. The van der Waals surface area contributed by atoms with Crippen molar-refractivity contribution >= 4 is 48.0 Å². The summed E-state index contributed by atoms with van der Waals surface area (Å²) in [6, 6.07) is 0. The molecule has 0 aromatic heterocycles. The van der Waals surface area contributed by atoms with Gasteiger partial charge in [0.25, 0.3) is 0 Å². The van der Waals surface area contributed by atoms with Crippen LogP contribution in [0.3, 0.4) is 0 Å². The number of nitrogens with zero attached hydrogens (tertiary/aromatic N) is 2. The Kier molecular flexibility index (Phi) is 42.7. The molecule has 1 atom stereocenters. The average molecular weight is 999 g/mol. The van der Waals surface area contributed by atoms with Crippen molar-refractivity contribution in [2.24, 2.45) is 21.3 Å². The van der Waals surface area contributed by atoms with Gasteiger partial charge >= 0.3 is 35.8 Å². The summed E-state index contributed by atoms with van der Waals surface area (Å²) in [5.74, 6) is -10.6. The molecule has 70 heavy (non-hydrogen) atoms. The van der Waals surface area contributed by atoms with Gasteiger partial charge in [0.05, 0.1) is 38.8 Å². The quantitative estimate of drug-likeness (QED) is 0.00887. The first kappa shape index (κ1) is 70.1. The third kappa shape index (κ3) is 36.6. The first-order valence-electron chi connectivity index (χ1n) is 22.8. The Hall–Kier alpha value is -6.44. The molecule has 2 rings (SSSR count). The fraction of sp³-hybridized carbons (Fsp3) is 0.625. The van der Waals surface area contributed by atoms with Crippen molar-refractivity contribution in [1.29, 1.82) is 0 Å². The second-order valence-corrected chi connectivity index (χ2v) is 15.9. The van der Waals surface area contributed by atoms with E-state index in [-0.39, 0.29) is 44.5 Å². The van der Waals surface area contributed by atoms with Gasteiger partial charge in [-0.3, -0.25) is 19.2 Å². The molecule has 0 aliphatic heterocycles. The number of unbranched alkanes of at least 4 members (excludes halogenated alkanes) is 8. The molecular formula is C48H74N2O20. The van der Waals surface area contributed by atoms with Gasteiger partial charge in [-0.25, -0.2) is 38.8 Å². The summed E-state index contributed by atoms with van der Waals surface area (Å²) in [6.45, 7) is 19.7. The van der Waals surface area contributed by atoms with Gasteiger partial charge in [0.2, 0.25) is 12.2 Å². The Labute approximate surface area is 407 Å². The molecule has 2 aromatic carbocycles. The number of hydrogen-bond acceptors (Lipinski definition) is 18. The largest absolute Gasteiger partial charge is 0.502 e. The number of esters is 2. The molecule has 2 aromatic rings. The monoisotopic (exact) mass is 998 g/mol. The number of aliphatic carboxylic acids is 2. The fourth-order valence-corrected chi connectivity index (χ4v) is 5.33. The molecule has 0 aliphatic rings. The molecule has 22 heteroatoms. The van der Waals surface area contributed by atoms with E-state index in [9.17, 15) is 53.1 Å². The third-order valence-corrected chi connectivity index (χ3v) is 9.18. The zero-order chi connectivity index (χ0) is 54.8. The van der Waals surface area contributed by atoms with Gasteiger partial charge in [-0.15, -0.1) is 0 Å². The highest BCUT2D eigenvalue weighted by atomic mass is 16.5. The number of aliphatic hydroxyl groups excluding tert-OH is 3. The second-order valence-electron chi connectivity index (χ2n) is 15.9. The van der Waals surface area contributed by atoms with Crippen molar-refractivity contribution in [2.75, 3.05) is 32.9 Å². The summed E-state index contributed by atoms with van der Waals surface area (Å²) in [5, 5.41) is 69.6. The number of carboxylic acid groups (broad SMARTS) is 4. The van der Waals surface area contributed by atoms with Crippen molar-refractivity contribution in [3.8, 4) is 0 Å². The maximum atomic E-state index is 11.7. The van der Waals surface area contributed by atoms with Gasteiger partial charge in [0, 0.05) is 35.0 Å². The minimum atomic E-state index is -1.59. The molecule has 0 amide bonds. The van der Waals surface area contributed by atoms with Crippen LogP contribution in [0.5, 0.6) is 0 Å². The van der Waals surface area contributed by atoms with Crippen LogP contribution in [0.4, 0.5) is 0 Å². The van der Waals surface area contributed by atoms with E-state index in [0.29, 0.717) is 19.5 Å². The number of rotatable bonds is 30. The zero-order valence-electron chi connectivity index (χ0n) is 41.2. The lowest BCUT2D eigenvalue weighted by Crippen LogP contribution is -2.24. The van der Waals surface area contributed by atoms with Crippen LogP contribution in [-0.2, 0) is 38.2 Å². The lowest BCUT2D eigenvalue weighted by atomic mass is 9.83. The van der Waals surface area contributed by atoms with Crippen molar-refractivity contribution in [1.82, 2.24) is 0 Å². The molecule has 0 saturated heterocycles. The number of carboxylic acids is 4. The third-order valence-electron chi connectivity index (χ3n) is 9.18. The molecule has 0 aliphatic carbocycles. The summed E-state index contributed by atoms with van der Waals surface area (Å²) in [7, 11) is 0. The molecule has 1 unspecified atom stereocenters. The van der Waals surface area contributed by atoms with Gasteiger partial charge in [-0.1, -0.05) is 92.6 Å². The van der Waals surface area contributed by atoms with E-state index in [0.717, 1.165) is 38.2 Å². The van der Waals surface area contributed by atoms with Crippen LogP contribution < -0.4 is 10.9 Å². The summed E-state index contributed by atoms with van der Waals surface area (Å²) in [4.78, 5) is 114. The van der Waals surface area contributed by atoms with Crippen LogP contribution in [0.2, 0.25) is 0 Å². The van der Waals surface area contributed by atoms with Crippen LogP contribution in [0.25, 0.3) is 0 Å². The lowest BCUT2D eigenvalue weighted by Gasteiger charge is -2.20.